The zero-order valence-electron chi connectivity index (χ0n) is 7.31. The van der Waals surface area contributed by atoms with E-state index in [1.54, 1.807) is 0 Å². The molecule has 1 aliphatic rings. The summed E-state index contributed by atoms with van der Waals surface area (Å²) in [6, 6.07) is 0.714. The van der Waals surface area contributed by atoms with Crippen molar-refractivity contribution >= 4 is 8.58 Å². The van der Waals surface area contributed by atoms with Crippen LogP contribution in [0.15, 0.2) is 0 Å². The Hall–Kier alpha value is 0.390. The van der Waals surface area contributed by atoms with E-state index in [1.807, 2.05) is 0 Å². The van der Waals surface area contributed by atoms with Crippen LogP contribution in [0.3, 0.4) is 0 Å². The maximum atomic E-state index is 3.57. The summed E-state index contributed by atoms with van der Waals surface area (Å²) in [6.07, 6.45) is 0. The monoisotopic (exact) mass is 159 g/mol. The van der Waals surface area contributed by atoms with E-state index < -0.39 is 0 Å². The van der Waals surface area contributed by atoms with E-state index in [0.717, 1.165) is 25.9 Å². The zero-order chi connectivity index (χ0) is 7.72. The first-order valence-electron chi connectivity index (χ1n) is 4.13. The second kappa shape index (κ2) is 3.19. The van der Waals surface area contributed by atoms with Crippen molar-refractivity contribution in [1.82, 2.24) is 5.32 Å². The number of hydrogen-bond donors (Lipinski definition) is 1. The van der Waals surface area contributed by atoms with Gasteiger partial charge in [0.15, 0.2) is 0 Å². The molecule has 2 heteroatoms. The molecule has 1 saturated heterocycles. The molecule has 0 radical (unpaired) electrons. The Labute approximate surface area is 65.8 Å². The second-order valence-electron chi connectivity index (χ2n) is 3.49. The Bertz CT molecular complexity index is 104. The van der Waals surface area contributed by atoms with Crippen molar-refractivity contribution in [3.8, 4) is 0 Å². The second-order valence-corrected chi connectivity index (χ2v) is 5.60. The first kappa shape index (κ1) is 8.49. The standard InChI is InChI=1S/C8H18NP/c1-5-6(2)9-8(4)10-7(5)3/h5-10H,1-4H3. The smallest absolute Gasteiger partial charge is 0.0217 e. The van der Waals surface area contributed by atoms with Crippen molar-refractivity contribution < 1.29 is 0 Å². The molecular formula is C8H18NP. The third-order valence-corrected chi connectivity index (χ3v) is 4.32. The van der Waals surface area contributed by atoms with E-state index in [0.29, 0.717) is 6.04 Å². The van der Waals surface area contributed by atoms with Gasteiger partial charge in [-0.3, -0.25) is 0 Å². The summed E-state index contributed by atoms with van der Waals surface area (Å²) in [5.74, 6) is 1.61. The predicted molar refractivity (Wildman–Crippen MR) is 49.0 cm³/mol. The van der Waals surface area contributed by atoms with E-state index in [9.17, 15) is 0 Å². The minimum atomic E-state index is 0.714. The SMILES string of the molecule is CC1NC(C)C(C)C(C)P1. The van der Waals surface area contributed by atoms with Gasteiger partial charge in [-0.15, -0.1) is 8.58 Å². The van der Waals surface area contributed by atoms with E-state index >= 15 is 0 Å². The predicted octanol–water partition coefficient (Wildman–Crippen LogP) is 2.03. The molecule has 1 nitrogen and oxygen atoms in total. The molecule has 0 aromatic carbocycles. The zero-order valence-corrected chi connectivity index (χ0v) is 8.31. The molecular weight excluding hydrogens is 141 g/mol. The fraction of sp³-hybridized carbons (Fsp3) is 1.00. The summed E-state index contributed by atoms with van der Waals surface area (Å²) in [5, 5.41) is 3.57. The van der Waals surface area contributed by atoms with Crippen molar-refractivity contribution in [2.75, 3.05) is 0 Å². The highest BCUT2D eigenvalue weighted by molar-refractivity contribution is 7.39. The largest absolute Gasteiger partial charge is 0.308 e. The van der Waals surface area contributed by atoms with Crippen LogP contribution in [0, 0.1) is 5.92 Å². The normalized spacial score (nSPS) is 51.6. The third kappa shape index (κ3) is 1.71. The van der Waals surface area contributed by atoms with Crippen LogP contribution in [0.1, 0.15) is 27.7 Å². The van der Waals surface area contributed by atoms with Gasteiger partial charge in [0.2, 0.25) is 0 Å². The molecule has 5 atom stereocenters. The summed E-state index contributed by atoms with van der Waals surface area (Å²) in [7, 11) is 1.10. The quantitative estimate of drug-likeness (QED) is 0.533. The van der Waals surface area contributed by atoms with E-state index in [4.69, 9.17) is 0 Å². The van der Waals surface area contributed by atoms with E-state index in [1.165, 1.54) is 0 Å². The summed E-state index contributed by atoms with van der Waals surface area (Å²) < 4.78 is 0. The fourth-order valence-corrected chi connectivity index (χ4v) is 3.31. The Morgan fingerprint density at radius 2 is 1.70 bits per heavy atom. The Balaban J connectivity index is 2.49. The van der Waals surface area contributed by atoms with Crippen molar-refractivity contribution in [3.63, 3.8) is 0 Å². The van der Waals surface area contributed by atoms with E-state index in [2.05, 4.69) is 33.0 Å². The number of hydrogen-bond acceptors (Lipinski definition) is 1. The van der Waals surface area contributed by atoms with Crippen LogP contribution in [0.2, 0.25) is 0 Å². The van der Waals surface area contributed by atoms with Gasteiger partial charge < -0.3 is 5.32 Å². The highest BCUT2D eigenvalue weighted by Gasteiger charge is 2.26. The lowest BCUT2D eigenvalue weighted by molar-refractivity contribution is 0.372. The molecule has 5 unspecified atom stereocenters. The molecule has 10 heavy (non-hydrogen) atoms. The minimum Gasteiger partial charge on any atom is -0.308 e. The molecule has 0 aromatic rings. The van der Waals surface area contributed by atoms with E-state index in [-0.39, 0.29) is 0 Å². The van der Waals surface area contributed by atoms with Gasteiger partial charge in [-0.25, -0.2) is 0 Å². The summed E-state index contributed by atoms with van der Waals surface area (Å²) in [5.41, 5.74) is 0.922. The van der Waals surface area contributed by atoms with Crippen LogP contribution in [0.5, 0.6) is 0 Å². The summed E-state index contributed by atoms with van der Waals surface area (Å²) >= 11 is 0. The van der Waals surface area contributed by atoms with Gasteiger partial charge in [0.1, 0.15) is 0 Å². The van der Waals surface area contributed by atoms with Crippen LogP contribution in [0.4, 0.5) is 0 Å². The van der Waals surface area contributed by atoms with Crippen LogP contribution < -0.4 is 5.32 Å². The van der Waals surface area contributed by atoms with Gasteiger partial charge in [0, 0.05) is 11.8 Å². The molecule has 0 bridgehead atoms. The topological polar surface area (TPSA) is 12.0 Å². The van der Waals surface area contributed by atoms with Crippen molar-refractivity contribution in [1.29, 1.82) is 0 Å². The summed E-state index contributed by atoms with van der Waals surface area (Å²) in [6.45, 7) is 9.30. The van der Waals surface area contributed by atoms with Crippen LogP contribution >= 0.6 is 8.58 Å². The molecule has 0 saturated carbocycles. The molecule has 0 amide bonds. The highest BCUT2D eigenvalue weighted by Crippen LogP contribution is 2.35. The number of rotatable bonds is 0. The Kier molecular flexibility index (Phi) is 2.71. The molecule has 0 aromatic heterocycles. The molecule has 1 fully saturated rings. The lowest BCUT2D eigenvalue weighted by Crippen LogP contribution is -2.44. The highest BCUT2D eigenvalue weighted by atomic mass is 31.1. The van der Waals surface area contributed by atoms with Crippen molar-refractivity contribution in [3.05, 3.63) is 0 Å². The maximum absolute atomic E-state index is 3.57. The molecule has 0 spiro atoms. The molecule has 1 N–H and O–H groups in total. The molecule has 1 aliphatic heterocycles. The molecule has 0 aliphatic carbocycles. The van der Waals surface area contributed by atoms with Gasteiger partial charge >= 0.3 is 0 Å². The van der Waals surface area contributed by atoms with Crippen LogP contribution in [-0.4, -0.2) is 17.5 Å². The van der Waals surface area contributed by atoms with Gasteiger partial charge in [0.25, 0.3) is 0 Å². The van der Waals surface area contributed by atoms with Gasteiger partial charge in [0.05, 0.1) is 0 Å². The van der Waals surface area contributed by atoms with Gasteiger partial charge in [-0.2, -0.15) is 0 Å². The van der Waals surface area contributed by atoms with Crippen molar-refractivity contribution in [2.45, 2.75) is 45.2 Å². The first-order valence-corrected chi connectivity index (χ1v) is 5.29. The average Bonchev–Trinajstić information content (AvgIpc) is 1.82. The fourth-order valence-electron chi connectivity index (χ4n) is 1.57. The molecule has 60 valence electrons. The maximum Gasteiger partial charge on any atom is 0.0217 e. The molecule has 1 heterocycles. The average molecular weight is 159 g/mol. The third-order valence-electron chi connectivity index (χ3n) is 2.60. The van der Waals surface area contributed by atoms with Gasteiger partial charge in [-0.05, 0) is 25.4 Å². The molecule has 1 rings (SSSR count). The summed E-state index contributed by atoms with van der Waals surface area (Å²) in [4.78, 5) is 0. The van der Waals surface area contributed by atoms with Gasteiger partial charge in [-0.1, -0.05) is 13.8 Å². The Morgan fingerprint density at radius 3 is 2.20 bits per heavy atom. The number of nitrogens with one attached hydrogen (secondary N) is 1. The lowest BCUT2D eigenvalue weighted by Gasteiger charge is -2.37. The Morgan fingerprint density at radius 1 is 1.10 bits per heavy atom. The van der Waals surface area contributed by atoms with Crippen LogP contribution in [0.25, 0.3) is 0 Å². The van der Waals surface area contributed by atoms with Crippen LogP contribution in [-0.2, 0) is 0 Å². The minimum absolute atomic E-state index is 0.714. The lowest BCUT2D eigenvalue weighted by atomic mass is 10.00. The van der Waals surface area contributed by atoms with Crippen molar-refractivity contribution in [2.24, 2.45) is 5.92 Å². The first-order chi connectivity index (χ1) is 4.61.